The van der Waals surface area contributed by atoms with Crippen molar-refractivity contribution in [1.29, 1.82) is 0 Å². The standard InChI is InChI=1S/C21H21F2N3O3S/c1-13-3-4-14(2)19(11-13)30(27,28)26-9-7-15(8-10-26)21-24-20(25-29-21)16-5-6-17(22)18(23)12-16/h3-6,11-12,15H,7-10H2,1-2H3. The van der Waals surface area contributed by atoms with E-state index in [2.05, 4.69) is 10.1 Å². The Bertz CT molecular complexity index is 1190. The number of piperidine rings is 1. The molecule has 0 amide bonds. The summed E-state index contributed by atoms with van der Waals surface area (Å²) in [6, 6.07) is 8.81. The average Bonchev–Trinajstić information content (AvgIpc) is 3.22. The smallest absolute Gasteiger partial charge is 0.243 e. The summed E-state index contributed by atoms with van der Waals surface area (Å²) in [5, 5.41) is 3.86. The van der Waals surface area contributed by atoms with Crippen molar-refractivity contribution in [2.75, 3.05) is 13.1 Å². The van der Waals surface area contributed by atoms with E-state index < -0.39 is 21.7 Å². The molecule has 0 radical (unpaired) electrons. The van der Waals surface area contributed by atoms with Gasteiger partial charge in [-0.25, -0.2) is 17.2 Å². The molecule has 0 atom stereocenters. The van der Waals surface area contributed by atoms with Gasteiger partial charge in [0.25, 0.3) is 0 Å². The average molecular weight is 433 g/mol. The van der Waals surface area contributed by atoms with Crippen molar-refractivity contribution in [2.24, 2.45) is 0 Å². The third kappa shape index (κ3) is 3.87. The minimum atomic E-state index is -3.58. The van der Waals surface area contributed by atoms with E-state index in [-0.39, 0.29) is 11.7 Å². The minimum Gasteiger partial charge on any atom is -0.339 e. The first kappa shape index (κ1) is 20.6. The van der Waals surface area contributed by atoms with Crippen LogP contribution in [0.1, 0.15) is 35.8 Å². The summed E-state index contributed by atoms with van der Waals surface area (Å²) >= 11 is 0. The molecular weight excluding hydrogens is 412 g/mol. The molecule has 4 rings (SSSR count). The first-order valence-electron chi connectivity index (χ1n) is 9.62. The molecule has 0 unspecified atom stereocenters. The number of hydrogen-bond acceptors (Lipinski definition) is 5. The molecule has 158 valence electrons. The Morgan fingerprint density at radius 2 is 1.77 bits per heavy atom. The fraction of sp³-hybridized carbons (Fsp3) is 0.333. The van der Waals surface area contributed by atoms with Gasteiger partial charge < -0.3 is 4.52 Å². The summed E-state index contributed by atoms with van der Waals surface area (Å²) in [6.07, 6.45) is 1.06. The molecule has 1 aliphatic rings. The summed E-state index contributed by atoms with van der Waals surface area (Å²) in [5.74, 6) is -1.47. The van der Waals surface area contributed by atoms with E-state index in [0.29, 0.717) is 42.3 Å². The Morgan fingerprint density at radius 3 is 2.47 bits per heavy atom. The number of benzene rings is 2. The molecule has 9 heteroatoms. The zero-order chi connectivity index (χ0) is 21.5. The van der Waals surface area contributed by atoms with Crippen molar-refractivity contribution < 1.29 is 21.7 Å². The van der Waals surface area contributed by atoms with Gasteiger partial charge >= 0.3 is 0 Å². The molecule has 1 fully saturated rings. The molecule has 6 nitrogen and oxygen atoms in total. The number of rotatable bonds is 4. The van der Waals surface area contributed by atoms with Gasteiger partial charge in [-0.3, -0.25) is 0 Å². The number of sulfonamides is 1. The van der Waals surface area contributed by atoms with Gasteiger partial charge in [-0.05, 0) is 62.1 Å². The van der Waals surface area contributed by atoms with Crippen LogP contribution in [0.15, 0.2) is 45.8 Å². The van der Waals surface area contributed by atoms with Crippen LogP contribution < -0.4 is 0 Å². The third-order valence-corrected chi connectivity index (χ3v) is 7.42. The van der Waals surface area contributed by atoms with Crippen LogP contribution in [0.3, 0.4) is 0 Å². The van der Waals surface area contributed by atoms with Gasteiger partial charge in [0, 0.05) is 24.6 Å². The van der Waals surface area contributed by atoms with Crippen LogP contribution >= 0.6 is 0 Å². The molecule has 3 aromatic rings. The van der Waals surface area contributed by atoms with Crippen LogP contribution in [-0.4, -0.2) is 36.0 Å². The monoisotopic (exact) mass is 433 g/mol. The lowest BCUT2D eigenvalue weighted by Gasteiger charge is -2.30. The van der Waals surface area contributed by atoms with E-state index in [1.807, 2.05) is 19.1 Å². The summed E-state index contributed by atoms with van der Waals surface area (Å²) in [6.45, 7) is 4.33. The lowest BCUT2D eigenvalue weighted by molar-refractivity contribution is 0.270. The predicted molar refractivity (Wildman–Crippen MR) is 106 cm³/mol. The van der Waals surface area contributed by atoms with Crippen molar-refractivity contribution in [3.8, 4) is 11.4 Å². The van der Waals surface area contributed by atoms with Crippen LogP contribution in [0.4, 0.5) is 8.78 Å². The first-order valence-corrected chi connectivity index (χ1v) is 11.1. The second-order valence-electron chi connectivity index (χ2n) is 7.53. The molecule has 0 bridgehead atoms. The molecule has 0 saturated carbocycles. The second kappa shape index (κ2) is 7.88. The number of aryl methyl sites for hydroxylation is 2. The van der Waals surface area contributed by atoms with Gasteiger partial charge in [0.2, 0.25) is 21.7 Å². The molecule has 0 aliphatic carbocycles. The van der Waals surface area contributed by atoms with Crippen molar-refractivity contribution >= 4 is 10.0 Å². The molecule has 30 heavy (non-hydrogen) atoms. The van der Waals surface area contributed by atoms with Crippen LogP contribution in [0, 0.1) is 25.5 Å². The number of hydrogen-bond donors (Lipinski definition) is 0. The van der Waals surface area contributed by atoms with Crippen LogP contribution in [0.2, 0.25) is 0 Å². The maximum Gasteiger partial charge on any atom is 0.243 e. The summed E-state index contributed by atoms with van der Waals surface area (Å²) in [7, 11) is -3.58. The third-order valence-electron chi connectivity index (χ3n) is 5.38. The van der Waals surface area contributed by atoms with Gasteiger partial charge in [0.1, 0.15) is 0 Å². The van der Waals surface area contributed by atoms with Gasteiger partial charge in [0.15, 0.2) is 11.6 Å². The summed E-state index contributed by atoms with van der Waals surface area (Å²) in [5.41, 5.74) is 1.93. The van der Waals surface area contributed by atoms with Gasteiger partial charge in [-0.2, -0.15) is 9.29 Å². The van der Waals surface area contributed by atoms with Gasteiger partial charge in [0.05, 0.1) is 4.90 Å². The largest absolute Gasteiger partial charge is 0.339 e. The van der Waals surface area contributed by atoms with Crippen molar-refractivity contribution in [1.82, 2.24) is 14.4 Å². The molecule has 2 aromatic carbocycles. The zero-order valence-corrected chi connectivity index (χ0v) is 17.4. The normalized spacial score (nSPS) is 16.1. The lowest BCUT2D eigenvalue weighted by Crippen LogP contribution is -2.38. The lowest BCUT2D eigenvalue weighted by atomic mass is 9.98. The Kier molecular flexibility index (Phi) is 5.42. The van der Waals surface area contributed by atoms with E-state index in [0.717, 1.165) is 23.3 Å². The highest BCUT2D eigenvalue weighted by Crippen LogP contribution is 2.32. The van der Waals surface area contributed by atoms with E-state index in [1.54, 1.807) is 13.0 Å². The van der Waals surface area contributed by atoms with Crippen LogP contribution in [0.25, 0.3) is 11.4 Å². The summed E-state index contributed by atoms with van der Waals surface area (Å²) in [4.78, 5) is 4.64. The Hall–Kier alpha value is -2.65. The Labute approximate surface area is 173 Å². The van der Waals surface area contributed by atoms with Crippen molar-refractivity contribution in [2.45, 2.75) is 37.5 Å². The SMILES string of the molecule is Cc1ccc(C)c(S(=O)(=O)N2CCC(c3nc(-c4ccc(F)c(F)c4)no3)CC2)c1. The quantitative estimate of drug-likeness (QED) is 0.616. The maximum atomic E-state index is 13.5. The Morgan fingerprint density at radius 1 is 1.03 bits per heavy atom. The zero-order valence-electron chi connectivity index (χ0n) is 16.6. The molecule has 0 spiro atoms. The van der Waals surface area contributed by atoms with Gasteiger partial charge in [-0.15, -0.1) is 0 Å². The molecule has 2 heterocycles. The van der Waals surface area contributed by atoms with Crippen molar-refractivity contribution in [3.05, 3.63) is 65.1 Å². The topological polar surface area (TPSA) is 76.3 Å². The first-order chi connectivity index (χ1) is 14.3. The number of halogens is 2. The highest BCUT2D eigenvalue weighted by atomic mass is 32.2. The number of nitrogens with zero attached hydrogens (tertiary/aromatic N) is 3. The minimum absolute atomic E-state index is 0.0957. The predicted octanol–water partition coefficient (Wildman–Crippen LogP) is 4.20. The fourth-order valence-corrected chi connectivity index (χ4v) is 5.40. The Balaban J connectivity index is 1.48. The van der Waals surface area contributed by atoms with E-state index in [9.17, 15) is 17.2 Å². The summed E-state index contributed by atoms with van der Waals surface area (Å²) < 4.78 is 59.5. The second-order valence-corrected chi connectivity index (χ2v) is 9.44. The van der Waals surface area contributed by atoms with E-state index in [4.69, 9.17) is 4.52 Å². The molecule has 0 N–H and O–H groups in total. The molecule has 1 aliphatic heterocycles. The fourth-order valence-electron chi connectivity index (χ4n) is 3.62. The van der Waals surface area contributed by atoms with Gasteiger partial charge in [-0.1, -0.05) is 17.3 Å². The molecular formula is C21H21F2N3O3S. The van der Waals surface area contributed by atoms with E-state index >= 15 is 0 Å². The van der Waals surface area contributed by atoms with Crippen molar-refractivity contribution in [3.63, 3.8) is 0 Å². The van der Waals surface area contributed by atoms with Crippen LogP contribution in [-0.2, 0) is 10.0 Å². The number of aromatic nitrogens is 2. The molecule has 1 aromatic heterocycles. The highest BCUT2D eigenvalue weighted by molar-refractivity contribution is 7.89. The van der Waals surface area contributed by atoms with Crippen LogP contribution in [0.5, 0.6) is 0 Å². The van der Waals surface area contributed by atoms with E-state index in [1.165, 1.54) is 10.4 Å². The highest BCUT2D eigenvalue weighted by Gasteiger charge is 2.33. The maximum absolute atomic E-state index is 13.5. The molecule has 1 saturated heterocycles.